The fourth-order valence-electron chi connectivity index (χ4n) is 3.35. The lowest BCUT2D eigenvalue weighted by Gasteiger charge is -2.32. The van der Waals surface area contributed by atoms with Crippen molar-refractivity contribution in [2.24, 2.45) is 0 Å². The topological polar surface area (TPSA) is 64.7 Å². The Labute approximate surface area is 173 Å². The molecule has 0 unspecified atom stereocenters. The number of likely N-dealkylation sites (N-methyl/N-ethyl adjacent to an activating group) is 1. The second-order valence-electron chi connectivity index (χ2n) is 7.05. The van der Waals surface area contributed by atoms with Gasteiger partial charge in [0, 0.05) is 31.9 Å². The van der Waals surface area contributed by atoms with Crippen molar-refractivity contribution >= 4 is 42.3 Å². The number of rotatable bonds is 4. The third-order valence-electron chi connectivity index (χ3n) is 5.06. The van der Waals surface area contributed by atoms with Crippen LogP contribution in [0.2, 0.25) is 0 Å². The molecule has 8 heteroatoms. The first kappa shape index (κ1) is 23.7. The summed E-state index contributed by atoms with van der Waals surface area (Å²) in [5.74, 6) is 0.206. The van der Waals surface area contributed by atoms with Crippen molar-refractivity contribution in [1.82, 2.24) is 15.1 Å². The number of halogens is 2. The average Bonchev–Trinajstić information content (AvgIpc) is 2.64. The molecule has 1 atom stereocenters. The van der Waals surface area contributed by atoms with Gasteiger partial charge < -0.3 is 20.4 Å². The minimum atomic E-state index is -0.0905. The zero-order valence-electron chi connectivity index (χ0n) is 15.8. The van der Waals surface area contributed by atoms with E-state index in [0.717, 1.165) is 63.2 Å². The van der Waals surface area contributed by atoms with Crippen LogP contribution >= 0.6 is 24.8 Å². The molecule has 0 aliphatic carbocycles. The van der Waals surface area contributed by atoms with Gasteiger partial charge in [0.15, 0.2) is 0 Å². The lowest BCUT2D eigenvalue weighted by atomic mass is 10.0. The summed E-state index contributed by atoms with van der Waals surface area (Å²) in [6.45, 7) is 4.39. The van der Waals surface area contributed by atoms with Crippen LogP contribution in [0.1, 0.15) is 24.8 Å². The molecule has 2 amide bonds. The van der Waals surface area contributed by atoms with Crippen molar-refractivity contribution in [2.75, 3.05) is 45.1 Å². The highest BCUT2D eigenvalue weighted by Crippen LogP contribution is 2.14. The maximum atomic E-state index is 12.4. The molecule has 0 saturated carbocycles. The Kier molecular flexibility index (Phi) is 10.1. The van der Waals surface area contributed by atoms with Crippen LogP contribution in [-0.4, -0.2) is 67.4 Å². The number of piperazine rings is 1. The molecule has 0 radical (unpaired) electrons. The highest BCUT2D eigenvalue weighted by molar-refractivity contribution is 5.95. The summed E-state index contributed by atoms with van der Waals surface area (Å²) in [6.07, 6.45) is 3.55. The smallest absolute Gasteiger partial charge is 0.241 e. The molecule has 6 nitrogen and oxygen atoms in total. The number of hydrogen-bond acceptors (Lipinski definition) is 4. The summed E-state index contributed by atoms with van der Waals surface area (Å²) in [5.41, 5.74) is 1.77. The number of piperidine rings is 1. The summed E-state index contributed by atoms with van der Waals surface area (Å²) in [5, 5.41) is 6.21. The largest absolute Gasteiger partial charge is 0.340 e. The quantitative estimate of drug-likeness (QED) is 0.786. The van der Waals surface area contributed by atoms with Crippen LogP contribution in [0.15, 0.2) is 24.3 Å². The van der Waals surface area contributed by atoms with Crippen LogP contribution in [0.5, 0.6) is 0 Å². The van der Waals surface area contributed by atoms with Gasteiger partial charge in [-0.1, -0.05) is 18.6 Å². The van der Waals surface area contributed by atoms with Crippen molar-refractivity contribution < 1.29 is 9.59 Å². The standard InChI is InChI=1S/C19H28N4O2.2ClH/c1-22-10-12-23(13-11-22)18(24)14-15-5-7-16(8-6-15)21-19(25)17-4-2-3-9-20-17;;/h5-8,17,20H,2-4,9-14H2,1H3,(H,21,25);2*1H/t17-;;/m1../s1. The lowest BCUT2D eigenvalue weighted by Crippen LogP contribution is -2.47. The number of amides is 2. The number of anilines is 1. The van der Waals surface area contributed by atoms with Gasteiger partial charge in [-0.15, -0.1) is 24.8 Å². The molecule has 2 saturated heterocycles. The Morgan fingerprint density at radius 2 is 1.74 bits per heavy atom. The average molecular weight is 417 g/mol. The first-order chi connectivity index (χ1) is 12.1. The Morgan fingerprint density at radius 3 is 2.33 bits per heavy atom. The van der Waals surface area contributed by atoms with E-state index in [4.69, 9.17) is 0 Å². The molecule has 2 N–H and O–H groups in total. The molecule has 27 heavy (non-hydrogen) atoms. The molecule has 1 aromatic carbocycles. The van der Waals surface area contributed by atoms with Gasteiger partial charge in [0.2, 0.25) is 11.8 Å². The van der Waals surface area contributed by atoms with E-state index in [1.54, 1.807) is 0 Å². The predicted molar refractivity (Wildman–Crippen MR) is 113 cm³/mol. The summed E-state index contributed by atoms with van der Waals surface area (Å²) in [4.78, 5) is 28.8. The zero-order valence-corrected chi connectivity index (χ0v) is 17.4. The van der Waals surface area contributed by atoms with Gasteiger partial charge in [-0.2, -0.15) is 0 Å². The molecule has 3 rings (SSSR count). The fraction of sp³-hybridized carbons (Fsp3) is 0.579. The van der Waals surface area contributed by atoms with Crippen LogP contribution < -0.4 is 10.6 Å². The van der Waals surface area contributed by atoms with E-state index < -0.39 is 0 Å². The summed E-state index contributed by atoms with van der Waals surface area (Å²) >= 11 is 0. The van der Waals surface area contributed by atoms with Crippen molar-refractivity contribution in [3.05, 3.63) is 29.8 Å². The van der Waals surface area contributed by atoms with E-state index >= 15 is 0 Å². The Bertz CT molecular complexity index is 598. The third kappa shape index (κ3) is 6.96. The lowest BCUT2D eigenvalue weighted by molar-refractivity contribution is -0.132. The van der Waals surface area contributed by atoms with Crippen LogP contribution in [0, 0.1) is 0 Å². The molecule has 2 aliphatic rings. The minimum absolute atomic E-state index is 0. The molecular formula is C19H30Cl2N4O2. The van der Waals surface area contributed by atoms with Gasteiger partial charge in [0.25, 0.3) is 0 Å². The molecule has 0 spiro atoms. The molecule has 1 aromatic rings. The molecule has 2 fully saturated rings. The first-order valence-corrected chi connectivity index (χ1v) is 9.21. The van der Waals surface area contributed by atoms with Crippen molar-refractivity contribution in [3.63, 3.8) is 0 Å². The number of nitrogens with zero attached hydrogens (tertiary/aromatic N) is 2. The minimum Gasteiger partial charge on any atom is -0.340 e. The first-order valence-electron chi connectivity index (χ1n) is 9.21. The number of benzene rings is 1. The highest BCUT2D eigenvalue weighted by atomic mass is 35.5. The van der Waals surface area contributed by atoms with Gasteiger partial charge in [0.05, 0.1) is 12.5 Å². The Hall–Kier alpha value is -1.34. The predicted octanol–water partition coefficient (Wildman–Crippen LogP) is 1.93. The number of nitrogens with one attached hydrogen (secondary N) is 2. The molecule has 2 aliphatic heterocycles. The van der Waals surface area contributed by atoms with E-state index in [9.17, 15) is 9.59 Å². The third-order valence-corrected chi connectivity index (χ3v) is 5.06. The van der Waals surface area contributed by atoms with E-state index in [0.29, 0.717) is 6.42 Å². The van der Waals surface area contributed by atoms with Gasteiger partial charge in [-0.25, -0.2) is 0 Å². The second-order valence-corrected chi connectivity index (χ2v) is 7.05. The highest BCUT2D eigenvalue weighted by Gasteiger charge is 2.21. The molecule has 0 bridgehead atoms. The molecule has 152 valence electrons. The van der Waals surface area contributed by atoms with Gasteiger partial charge in [-0.05, 0) is 44.1 Å². The summed E-state index contributed by atoms with van der Waals surface area (Å²) in [6, 6.07) is 7.53. The van der Waals surface area contributed by atoms with Crippen molar-refractivity contribution in [1.29, 1.82) is 0 Å². The van der Waals surface area contributed by atoms with Crippen LogP contribution in [0.3, 0.4) is 0 Å². The number of carbonyl (C=O) groups is 2. The Morgan fingerprint density at radius 1 is 1.07 bits per heavy atom. The number of hydrogen-bond donors (Lipinski definition) is 2. The number of carbonyl (C=O) groups excluding carboxylic acids is 2. The maximum Gasteiger partial charge on any atom is 0.241 e. The van der Waals surface area contributed by atoms with Gasteiger partial charge in [0.1, 0.15) is 0 Å². The van der Waals surface area contributed by atoms with E-state index in [1.807, 2.05) is 29.2 Å². The monoisotopic (exact) mass is 416 g/mol. The normalized spacial score (nSPS) is 20.2. The van der Waals surface area contributed by atoms with E-state index in [-0.39, 0.29) is 42.7 Å². The fourth-order valence-corrected chi connectivity index (χ4v) is 3.35. The van der Waals surface area contributed by atoms with E-state index in [1.165, 1.54) is 0 Å². The van der Waals surface area contributed by atoms with Crippen LogP contribution in [0.4, 0.5) is 5.69 Å². The SMILES string of the molecule is CN1CCN(C(=O)Cc2ccc(NC(=O)[C@H]3CCCCN3)cc2)CC1.Cl.Cl. The summed E-state index contributed by atoms with van der Waals surface area (Å²) in [7, 11) is 2.08. The van der Waals surface area contributed by atoms with Crippen molar-refractivity contribution in [3.8, 4) is 0 Å². The van der Waals surface area contributed by atoms with Gasteiger partial charge in [-0.3, -0.25) is 9.59 Å². The molecular weight excluding hydrogens is 387 g/mol. The van der Waals surface area contributed by atoms with Gasteiger partial charge >= 0.3 is 0 Å². The van der Waals surface area contributed by atoms with Crippen LogP contribution in [0.25, 0.3) is 0 Å². The second kappa shape index (κ2) is 11.5. The Balaban J connectivity index is 0.00000182. The zero-order chi connectivity index (χ0) is 17.6. The summed E-state index contributed by atoms with van der Waals surface area (Å²) < 4.78 is 0. The van der Waals surface area contributed by atoms with Crippen molar-refractivity contribution in [2.45, 2.75) is 31.7 Å². The molecule has 2 heterocycles. The van der Waals surface area contributed by atoms with Crippen LogP contribution in [-0.2, 0) is 16.0 Å². The van der Waals surface area contributed by atoms with E-state index in [2.05, 4.69) is 22.6 Å². The molecule has 0 aromatic heterocycles. The maximum absolute atomic E-state index is 12.4.